The highest BCUT2D eigenvalue weighted by Crippen LogP contribution is 2.17. The minimum absolute atomic E-state index is 0.0914. The number of imidazole rings is 1. The first kappa shape index (κ1) is 12.1. The van der Waals surface area contributed by atoms with Crippen LogP contribution in [-0.4, -0.2) is 21.5 Å². The van der Waals surface area contributed by atoms with Gasteiger partial charge in [0.2, 0.25) is 0 Å². The summed E-state index contributed by atoms with van der Waals surface area (Å²) in [7, 11) is 0. The van der Waals surface area contributed by atoms with Gasteiger partial charge in [-0.2, -0.15) is 0 Å². The Labute approximate surface area is 108 Å². The third-order valence-corrected chi connectivity index (χ3v) is 2.80. The van der Waals surface area contributed by atoms with E-state index in [9.17, 15) is 4.79 Å². The first-order chi connectivity index (χ1) is 8.06. The fraction of sp³-hybridized carbons (Fsp3) is 0.333. The lowest BCUT2D eigenvalue weighted by Gasteiger charge is -2.05. The molecule has 5 heteroatoms. The Balaban J connectivity index is 2.20. The van der Waals surface area contributed by atoms with Crippen molar-refractivity contribution in [2.45, 2.75) is 26.4 Å². The van der Waals surface area contributed by atoms with Crippen LogP contribution in [0.4, 0.5) is 0 Å². The van der Waals surface area contributed by atoms with Crippen LogP contribution < -0.4 is 0 Å². The van der Waals surface area contributed by atoms with Crippen LogP contribution in [0.3, 0.4) is 0 Å². The van der Waals surface area contributed by atoms with Gasteiger partial charge in [-0.25, -0.2) is 4.98 Å². The number of pyridine rings is 1. The molecule has 0 unspecified atom stereocenters. The van der Waals surface area contributed by atoms with Crippen LogP contribution >= 0.6 is 15.9 Å². The number of halogens is 1. The maximum Gasteiger partial charge on any atom is 0.312 e. The van der Waals surface area contributed by atoms with Crippen molar-refractivity contribution in [3.8, 4) is 0 Å². The van der Waals surface area contributed by atoms with Gasteiger partial charge in [0.05, 0.1) is 22.7 Å². The van der Waals surface area contributed by atoms with E-state index >= 15 is 0 Å². The number of ether oxygens (including phenoxy) is 1. The van der Waals surface area contributed by atoms with Crippen LogP contribution in [0.1, 0.15) is 19.5 Å². The smallest absolute Gasteiger partial charge is 0.312 e. The molecule has 0 saturated heterocycles. The molecule has 0 aliphatic heterocycles. The molecule has 0 saturated carbocycles. The Hall–Kier alpha value is -1.36. The summed E-state index contributed by atoms with van der Waals surface area (Å²) in [6.07, 6.45) is 3.84. The SMILES string of the molecule is CC(C)OC(=O)Cc1cn2cccc(Br)c2n1. The molecule has 2 aromatic rings. The van der Waals surface area contributed by atoms with E-state index in [4.69, 9.17) is 4.74 Å². The summed E-state index contributed by atoms with van der Waals surface area (Å²) in [4.78, 5) is 15.9. The zero-order chi connectivity index (χ0) is 12.4. The van der Waals surface area contributed by atoms with Gasteiger partial charge < -0.3 is 9.14 Å². The van der Waals surface area contributed by atoms with Gasteiger partial charge in [-0.1, -0.05) is 0 Å². The molecule has 0 spiro atoms. The summed E-state index contributed by atoms with van der Waals surface area (Å²) in [6.45, 7) is 3.66. The number of carbonyl (C=O) groups is 1. The van der Waals surface area contributed by atoms with Crippen LogP contribution in [0.2, 0.25) is 0 Å². The molecule has 2 heterocycles. The third kappa shape index (κ3) is 2.85. The monoisotopic (exact) mass is 296 g/mol. The molecule has 0 N–H and O–H groups in total. The van der Waals surface area contributed by atoms with E-state index in [-0.39, 0.29) is 18.5 Å². The predicted octanol–water partition coefficient (Wildman–Crippen LogP) is 2.59. The number of fused-ring (bicyclic) bond motifs is 1. The molecule has 0 aromatic carbocycles. The molecule has 2 aromatic heterocycles. The van der Waals surface area contributed by atoms with Gasteiger partial charge >= 0.3 is 5.97 Å². The van der Waals surface area contributed by atoms with Crippen LogP contribution in [0.25, 0.3) is 5.65 Å². The first-order valence-corrected chi connectivity index (χ1v) is 6.17. The van der Waals surface area contributed by atoms with Crippen molar-refractivity contribution < 1.29 is 9.53 Å². The van der Waals surface area contributed by atoms with Gasteiger partial charge in [-0.15, -0.1) is 0 Å². The summed E-state index contributed by atoms with van der Waals surface area (Å²) in [5.74, 6) is -0.250. The minimum Gasteiger partial charge on any atom is -0.463 e. The van der Waals surface area contributed by atoms with Gasteiger partial charge in [0, 0.05) is 12.4 Å². The van der Waals surface area contributed by atoms with Crippen molar-refractivity contribution in [1.82, 2.24) is 9.38 Å². The van der Waals surface area contributed by atoms with Gasteiger partial charge in [-0.05, 0) is 41.9 Å². The predicted molar refractivity (Wildman–Crippen MR) is 67.8 cm³/mol. The molecule has 0 bridgehead atoms. The topological polar surface area (TPSA) is 43.6 Å². The summed E-state index contributed by atoms with van der Waals surface area (Å²) in [6, 6.07) is 3.83. The number of carbonyl (C=O) groups excluding carboxylic acids is 1. The molecule has 17 heavy (non-hydrogen) atoms. The quantitative estimate of drug-likeness (QED) is 0.818. The van der Waals surface area contributed by atoms with E-state index in [1.165, 1.54) is 0 Å². The van der Waals surface area contributed by atoms with E-state index in [1.807, 2.05) is 42.8 Å². The van der Waals surface area contributed by atoms with Gasteiger partial charge in [0.15, 0.2) is 5.65 Å². The molecule has 2 rings (SSSR count). The second kappa shape index (κ2) is 4.87. The number of hydrogen-bond donors (Lipinski definition) is 0. The van der Waals surface area contributed by atoms with Crippen molar-refractivity contribution in [1.29, 1.82) is 0 Å². The number of rotatable bonds is 3. The molecule has 0 radical (unpaired) electrons. The summed E-state index contributed by atoms with van der Waals surface area (Å²) >= 11 is 3.42. The average Bonchev–Trinajstić information content (AvgIpc) is 2.60. The normalized spacial score (nSPS) is 11.1. The molecule has 0 fully saturated rings. The molecule has 0 aliphatic carbocycles. The fourth-order valence-electron chi connectivity index (χ4n) is 1.57. The van der Waals surface area contributed by atoms with Crippen molar-refractivity contribution in [2.75, 3.05) is 0 Å². The summed E-state index contributed by atoms with van der Waals surface area (Å²) < 4.78 is 7.86. The van der Waals surface area contributed by atoms with Crippen LogP contribution in [0.5, 0.6) is 0 Å². The Kier molecular flexibility index (Phi) is 3.47. The van der Waals surface area contributed by atoms with Gasteiger partial charge in [-0.3, -0.25) is 4.79 Å². The van der Waals surface area contributed by atoms with E-state index in [2.05, 4.69) is 20.9 Å². The highest BCUT2D eigenvalue weighted by Gasteiger charge is 2.11. The van der Waals surface area contributed by atoms with E-state index in [0.29, 0.717) is 5.69 Å². The highest BCUT2D eigenvalue weighted by atomic mass is 79.9. The summed E-state index contributed by atoms with van der Waals surface area (Å²) in [5, 5.41) is 0. The van der Waals surface area contributed by atoms with Crippen molar-refractivity contribution in [3.63, 3.8) is 0 Å². The van der Waals surface area contributed by atoms with E-state index in [1.54, 1.807) is 0 Å². The zero-order valence-electron chi connectivity index (χ0n) is 9.68. The largest absolute Gasteiger partial charge is 0.463 e. The Morgan fingerprint density at radius 1 is 1.59 bits per heavy atom. The maximum absolute atomic E-state index is 11.5. The lowest BCUT2D eigenvalue weighted by atomic mass is 10.3. The highest BCUT2D eigenvalue weighted by molar-refractivity contribution is 9.10. The third-order valence-electron chi connectivity index (χ3n) is 2.18. The number of hydrogen-bond acceptors (Lipinski definition) is 3. The average molecular weight is 297 g/mol. The Bertz CT molecular complexity index is 548. The van der Waals surface area contributed by atoms with Gasteiger partial charge in [0.1, 0.15) is 0 Å². The lowest BCUT2D eigenvalue weighted by molar-refractivity contribution is -0.146. The zero-order valence-corrected chi connectivity index (χ0v) is 11.3. The van der Waals surface area contributed by atoms with E-state index < -0.39 is 0 Å². The second-order valence-corrected chi connectivity index (χ2v) is 4.89. The van der Waals surface area contributed by atoms with Crippen molar-refractivity contribution in [3.05, 3.63) is 34.7 Å². The number of esters is 1. The lowest BCUT2D eigenvalue weighted by Crippen LogP contribution is -2.13. The standard InChI is InChI=1S/C12H13BrN2O2/c1-8(2)17-11(16)6-9-7-15-5-3-4-10(13)12(15)14-9/h3-5,7-8H,6H2,1-2H3. The van der Waals surface area contributed by atoms with Gasteiger partial charge in [0.25, 0.3) is 0 Å². The number of aromatic nitrogens is 2. The molecule has 90 valence electrons. The van der Waals surface area contributed by atoms with Crippen LogP contribution in [0.15, 0.2) is 29.0 Å². The fourth-order valence-corrected chi connectivity index (χ4v) is 2.01. The Morgan fingerprint density at radius 2 is 2.35 bits per heavy atom. The van der Waals surface area contributed by atoms with Crippen molar-refractivity contribution >= 4 is 27.5 Å². The van der Waals surface area contributed by atoms with Crippen LogP contribution in [0, 0.1) is 0 Å². The van der Waals surface area contributed by atoms with E-state index in [0.717, 1.165) is 10.1 Å². The minimum atomic E-state index is -0.250. The molecular formula is C12H13BrN2O2. The van der Waals surface area contributed by atoms with Crippen molar-refractivity contribution in [2.24, 2.45) is 0 Å². The first-order valence-electron chi connectivity index (χ1n) is 5.38. The molecule has 4 nitrogen and oxygen atoms in total. The Morgan fingerprint density at radius 3 is 3.00 bits per heavy atom. The maximum atomic E-state index is 11.5. The summed E-state index contributed by atoms with van der Waals surface area (Å²) in [5.41, 5.74) is 1.52. The molecular weight excluding hydrogens is 284 g/mol. The molecule has 0 amide bonds. The molecule has 0 atom stereocenters. The molecule has 0 aliphatic rings. The number of nitrogens with zero attached hydrogens (tertiary/aromatic N) is 2. The van der Waals surface area contributed by atoms with Crippen LogP contribution in [-0.2, 0) is 16.0 Å². The second-order valence-electron chi connectivity index (χ2n) is 4.03.